The van der Waals surface area contributed by atoms with Gasteiger partial charge in [-0.2, -0.15) is 11.8 Å². The smallest absolute Gasteiger partial charge is 0.0763 e. The largest absolute Gasteiger partial charge is 0.391 e. The van der Waals surface area contributed by atoms with Gasteiger partial charge in [0, 0.05) is 24.2 Å². The van der Waals surface area contributed by atoms with Crippen molar-refractivity contribution in [2.45, 2.75) is 6.10 Å². The fraction of sp³-hybridized carbons (Fsp3) is 1.00. The van der Waals surface area contributed by atoms with E-state index in [1.165, 1.54) is 0 Å². The van der Waals surface area contributed by atoms with Crippen molar-refractivity contribution >= 4 is 27.7 Å². The molecule has 68 valence electrons. The maximum atomic E-state index is 9.23. The fourth-order valence-corrected chi connectivity index (χ4v) is 1.45. The topological polar surface area (TPSA) is 23.5 Å². The molecule has 0 radical (unpaired) electrons. The zero-order valence-corrected chi connectivity index (χ0v) is 9.49. The third-order valence-electron chi connectivity index (χ3n) is 1.38. The van der Waals surface area contributed by atoms with E-state index >= 15 is 0 Å². The molecule has 0 rings (SSSR count). The first-order chi connectivity index (χ1) is 5.20. The molecule has 11 heavy (non-hydrogen) atoms. The molecule has 0 aliphatic rings. The number of aliphatic hydroxyl groups is 1. The summed E-state index contributed by atoms with van der Waals surface area (Å²) in [5.74, 6) is 1.13. The Balaban J connectivity index is 3.27. The molecule has 0 fully saturated rings. The SMILES string of the molecule is CSCCN(C)CC(O)CBr. The van der Waals surface area contributed by atoms with E-state index in [4.69, 9.17) is 0 Å². The van der Waals surface area contributed by atoms with Crippen LogP contribution in [0, 0.1) is 0 Å². The van der Waals surface area contributed by atoms with Gasteiger partial charge in [0.2, 0.25) is 0 Å². The summed E-state index contributed by atoms with van der Waals surface area (Å²) < 4.78 is 0. The van der Waals surface area contributed by atoms with Crippen molar-refractivity contribution < 1.29 is 5.11 Å². The Morgan fingerprint density at radius 1 is 1.64 bits per heavy atom. The van der Waals surface area contributed by atoms with Crippen LogP contribution >= 0.6 is 27.7 Å². The lowest BCUT2D eigenvalue weighted by atomic mass is 10.4. The molecule has 0 aliphatic carbocycles. The van der Waals surface area contributed by atoms with Gasteiger partial charge in [-0.15, -0.1) is 0 Å². The number of rotatable bonds is 6. The van der Waals surface area contributed by atoms with Crippen LogP contribution in [-0.2, 0) is 0 Å². The number of alkyl halides is 1. The average Bonchev–Trinajstić information content (AvgIpc) is 2.00. The highest BCUT2D eigenvalue weighted by Gasteiger charge is 2.04. The number of hydrogen-bond acceptors (Lipinski definition) is 3. The van der Waals surface area contributed by atoms with Crippen LogP contribution in [0.2, 0.25) is 0 Å². The Morgan fingerprint density at radius 2 is 2.27 bits per heavy atom. The Kier molecular flexibility index (Phi) is 7.91. The summed E-state index contributed by atoms with van der Waals surface area (Å²) in [4.78, 5) is 2.14. The van der Waals surface area contributed by atoms with E-state index < -0.39 is 0 Å². The predicted octanol–water partition coefficient (Wildman–Crippen LogP) is 1.04. The molecule has 2 nitrogen and oxygen atoms in total. The van der Waals surface area contributed by atoms with E-state index in [1.807, 2.05) is 18.8 Å². The maximum absolute atomic E-state index is 9.23. The molecule has 0 saturated heterocycles. The van der Waals surface area contributed by atoms with Crippen molar-refractivity contribution in [2.75, 3.05) is 37.5 Å². The van der Waals surface area contributed by atoms with Crippen molar-refractivity contribution in [2.24, 2.45) is 0 Å². The van der Waals surface area contributed by atoms with Crippen LogP contribution < -0.4 is 0 Å². The normalized spacial score (nSPS) is 13.9. The van der Waals surface area contributed by atoms with E-state index in [2.05, 4.69) is 27.1 Å². The van der Waals surface area contributed by atoms with Crippen molar-refractivity contribution in [3.05, 3.63) is 0 Å². The van der Waals surface area contributed by atoms with Crippen LogP contribution in [0.5, 0.6) is 0 Å². The molecule has 0 aromatic rings. The Labute approximate surface area is 81.5 Å². The molecule has 4 heteroatoms. The van der Waals surface area contributed by atoms with E-state index in [0.29, 0.717) is 5.33 Å². The standard InChI is InChI=1S/C7H16BrNOS/c1-9(3-4-11-2)6-7(10)5-8/h7,10H,3-6H2,1-2H3. The highest BCUT2D eigenvalue weighted by molar-refractivity contribution is 9.09. The van der Waals surface area contributed by atoms with Crippen molar-refractivity contribution in [3.63, 3.8) is 0 Å². The zero-order chi connectivity index (χ0) is 8.69. The van der Waals surface area contributed by atoms with Crippen LogP contribution in [0.15, 0.2) is 0 Å². The maximum Gasteiger partial charge on any atom is 0.0763 e. The van der Waals surface area contributed by atoms with Gasteiger partial charge in [0.05, 0.1) is 6.10 Å². The van der Waals surface area contributed by atoms with Gasteiger partial charge in [0.15, 0.2) is 0 Å². The Morgan fingerprint density at radius 3 is 2.73 bits per heavy atom. The van der Waals surface area contributed by atoms with Gasteiger partial charge in [-0.1, -0.05) is 15.9 Å². The first kappa shape index (κ1) is 11.8. The lowest BCUT2D eigenvalue weighted by molar-refractivity contribution is 0.150. The molecular weight excluding hydrogens is 226 g/mol. The number of likely N-dealkylation sites (N-methyl/N-ethyl adjacent to an activating group) is 1. The number of thioether (sulfide) groups is 1. The first-order valence-electron chi connectivity index (χ1n) is 3.62. The van der Waals surface area contributed by atoms with Crippen molar-refractivity contribution in [1.82, 2.24) is 4.90 Å². The number of aliphatic hydroxyl groups excluding tert-OH is 1. The molecule has 0 heterocycles. The lowest BCUT2D eigenvalue weighted by Gasteiger charge is -2.18. The number of halogens is 1. The van der Waals surface area contributed by atoms with Crippen LogP contribution in [0.3, 0.4) is 0 Å². The third-order valence-corrected chi connectivity index (χ3v) is 2.72. The minimum atomic E-state index is -0.234. The molecule has 1 unspecified atom stereocenters. The van der Waals surface area contributed by atoms with Gasteiger partial charge < -0.3 is 10.0 Å². The van der Waals surface area contributed by atoms with Gasteiger partial charge in [-0.05, 0) is 13.3 Å². The summed E-state index contributed by atoms with van der Waals surface area (Å²) in [6.07, 6.45) is 1.86. The van der Waals surface area contributed by atoms with Crippen molar-refractivity contribution in [3.8, 4) is 0 Å². The highest BCUT2D eigenvalue weighted by Crippen LogP contribution is 1.96. The monoisotopic (exact) mass is 241 g/mol. The van der Waals surface area contributed by atoms with E-state index in [9.17, 15) is 5.11 Å². The highest BCUT2D eigenvalue weighted by atomic mass is 79.9. The molecule has 0 aliphatic heterocycles. The Bertz CT molecular complexity index is 94.5. The number of hydrogen-bond donors (Lipinski definition) is 1. The van der Waals surface area contributed by atoms with Gasteiger partial charge in [0.1, 0.15) is 0 Å². The predicted molar refractivity (Wildman–Crippen MR) is 55.7 cm³/mol. The molecule has 0 saturated carbocycles. The lowest BCUT2D eigenvalue weighted by Crippen LogP contribution is -2.31. The molecule has 0 aromatic carbocycles. The minimum absolute atomic E-state index is 0.234. The molecular formula is C7H16BrNOS. The summed E-state index contributed by atoms with van der Waals surface area (Å²) in [7, 11) is 2.03. The summed E-state index contributed by atoms with van der Waals surface area (Å²) in [5, 5.41) is 9.90. The second kappa shape index (κ2) is 7.40. The van der Waals surface area contributed by atoms with E-state index in [0.717, 1.165) is 18.8 Å². The molecule has 0 spiro atoms. The van der Waals surface area contributed by atoms with E-state index in [1.54, 1.807) is 0 Å². The van der Waals surface area contributed by atoms with Crippen LogP contribution in [0.25, 0.3) is 0 Å². The quantitative estimate of drug-likeness (QED) is 0.704. The van der Waals surface area contributed by atoms with Crippen molar-refractivity contribution in [1.29, 1.82) is 0 Å². The first-order valence-corrected chi connectivity index (χ1v) is 6.13. The molecule has 1 N–H and O–H groups in total. The average molecular weight is 242 g/mol. The fourth-order valence-electron chi connectivity index (χ4n) is 0.747. The summed E-state index contributed by atoms with van der Waals surface area (Å²) in [6, 6.07) is 0. The summed E-state index contributed by atoms with van der Waals surface area (Å²) >= 11 is 5.06. The van der Waals surface area contributed by atoms with E-state index in [-0.39, 0.29) is 6.10 Å². The van der Waals surface area contributed by atoms with Gasteiger partial charge in [0.25, 0.3) is 0 Å². The number of nitrogens with zero attached hydrogens (tertiary/aromatic N) is 1. The van der Waals surface area contributed by atoms with Gasteiger partial charge in [-0.25, -0.2) is 0 Å². The van der Waals surface area contributed by atoms with Gasteiger partial charge >= 0.3 is 0 Å². The molecule has 1 atom stereocenters. The second-order valence-electron chi connectivity index (χ2n) is 2.56. The summed E-state index contributed by atoms with van der Waals surface area (Å²) in [5.41, 5.74) is 0. The third kappa shape index (κ3) is 7.12. The van der Waals surface area contributed by atoms with Crippen LogP contribution in [-0.4, -0.2) is 53.6 Å². The van der Waals surface area contributed by atoms with Crippen LogP contribution in [0.4, 0.5) is 0 Å². The van der Waals surface area contributed by atoms with Crippen LogP contribution in [0.1, 0.15) is 0 Å². The minimum Gasteiger partial charge on any atom is -0.391 e. The van der Waals surface area contributed by atoms with Gasteiger partial charge in [-0.3, -0.25) is 0 Å². The molecule has 0 aromatic heterocycles. The summed E-state index contributed by atoms with van der Waals surface area (Å²) in [6.45, 7) is 1.80. The zero-order valence-electron chi connectivity index (χ0n) is 7.09. The second-order valence-corrected chi connectivity index (χ2v) is 4.20. The molecule has 0 bridgehead atoms. The molecule has 0 amide bonds. The Hall–Kier alpha value is 0.750.